The first-order valence-electron chi connectivity index (χ1n) is 6.60. The van der Waals surface area contributed by atoms with Crippen molar-refractivity contribution in [2.75, 3.05) is 0 Å². The van der Waals surface area contributed by atoms with Crippen LogP contribution in [0.1, 0.15) is 44.1 Å². The summed E-state index contributed by atoms with van der Waals surface area (Å²) in [6.45, 7) is 1.85. The SMILES string of the molecule is Cc1cc(S(=O)(=O)NC2(C#N)CCCCCC2)sc1Br. The van der Waals surface area contributed by atoms with Gasteiger partial charge in [-0.2, -0.15) is 9.98 Å². The lowest BCUT2D eigenvalue weighted by Gasteiger charge is -2.25. The third-order valence-corrected chi connectivity index (χ3v) is 7.75. The van der Waals surface area contributed by atoms with Crippen LogP contribution in [0, 0.1) is 18.3 Å². The molecule has 0 aliphatic heterocycles. The lowest BCUT2D eigenvalue weighted by molar-refractivity contribution is 0.422. The van der Waals surface area contributed by atoms with Crippen LogP contribution in [-0.2, 0) is 10.0 Å². The Kier molecular flexibility index (Phi) is 4.90. The van der Waals surface area contributed by atoms with E-state index in [-0.39, 0.29) is 4.21 Å². The molecule has 1 aliphatic rings. The average molecular weight is 377 g/mol. The van der Waals surface area contributed by atoms with Crippen LogP contribution in [0.15, 0.2) is 14.1 Å². The van der Waals surface area contributed by atoms with Gasteiger partial charge in [0.25, 0.3) is 10.0 Å². The van der Waals surface area contributed by atoms with Crippen molar-refractivity contribution in [3.05, 3.63) is 15.4 Å². The van der Waals surface area contributed by atoms with E-state index < -0.39 is 15.6 Å². The van der Waals surface area contributed by atoms with Gasteiger partial charge in [-0.1, -0.05) is 25.7 Å². The van der Waals surface area contributed by atoms with Gasteiger partial charge in [0, 0.05) is 0 Å². The minimum atomic E-state index is -3.63. The molecule has 110 valence electrons. The minimum absolute atomic E-state index is 0.265. The topological polar surface area (TPSA) is 70.0 Å². The number of nitrogens with one attached hydrogen (secondary N) is 1. The van der Waals surface area contributed by atoms with Gasteiger partial charge in [0.1, 0.15) is 9.75 Å². The van der Waals surface area contributed by atoms with E-state index >= 15 is 0 Å². The summed E-state index contributed by atoms with van der Waals surface area (Å²) in [6, 6.07) is 3.85. The van der Waals surface area contributed by atoms with E-state index in [9.17, 15) is 13.7 Å². The maximum absolute atomic E-state index is 12.5. The van der Waals surface area contributed by atoms with E-state index in [1.807, 2.05) is 6.92 Å². The van der Waals surface area contributed by atoms with Gasteiger partial charge in [-0.25, -0.2) is 8.42 Å². The molecular formula is C13H17BrN2O2S2. The first kappa shape index (κ1) is 16.0. The molecule has 1 aliphatic carbocycles. The molecule has 7 heteroatoms. The van der Waals surface area contributed by atoms with Crippen molar-refractivity contribution in [1.82, 2.24) is 4.72 Å². The predicted octanol–water partition coefficient (Wildman–Crippen LogP) is 3.71. The zero-order valence-corrected chi connectivity index (χ0v) is 14.5. The molecule has 0 amide bonds. The molecule has 0 radical (unpaired) electrons. The molecule has 0 bridgehead atoms. The van der Waals surface area contributed by atoms with Crippen molar-refractivity contribution in [1.29, 1.82) is 5.26 Å². The Morgan fingerprint density at radius 1 is 1.35 bits per heavy atom. The number of nitriles is 1. The quantitative estimate of drug-likeness (QED) is 0.817. The Bertz CT molecular complexity index is 604. The number of thiophene rings is 1. The largest absolute Gasteiger partial charge is 0.251 e. The van der Waals surface area contributed by atoms with Gasteiger partial charge >= 0.3 is 0 Å². The Hall–Kier alpha value is -0.420. The van der Waals surface area contributed by atoms with Crippen molar-refractivity contribution in [2.24, 2.45) is 0 Å². The van der Waals surface area contributed by atoms with Crippen LogP contribution < -0.4 is 4.72 Å². The molecule has 20 heavy (non-hydrogen) atoms. The molecular weight excluding hydrogens is 360 g/mol. The summed E-state index contributed by atoms with van der Waals surface area (Å²) in [5.74, 6) is 0. The fourth-order valence-corrected chi connectivity index (χ4v) is 6.04. The summed E-state index contributed by atoms with van der Waals surface area (Å²) in [5.41, 5.74) is -0.0538. The monoisotopic (exact) mass is 376 g/mol. The Morgan fingerprint density at radius 2 is 1.95 bits per heavy atom. The van der Waals surface area contributed by atoms with Gasteiger partial charge in [-0.05, 0) is 47.3 Å². The highest BCUT2D eigenvalue weighted by Crippen LogP contribution is 2.33. The highest BCUT2D eigenvalue weighted by molar-refractivity contribution is 9.11. The van der Waals surface area contributed by atoms with Crippen LogP contribution >= 0.6 is 27.3 Å². The lowest BCUT2D eigenvalue weighted by Crippen LogP contribution is -2.46. The fraction of sp³-hybridized carbons (Fsp3) is 0.615. The molecule has 0 unspecified atom stereocenters. The molecule has 1 N–H and O–H groups in total. The smallest absolute Gasteiger partial charge is 0.206 e. The molecule has 1 saturated carbocycles. The molecule has 1 aromatic rings. The van der Waals surface area contributed by atoms with Gasteiger partial charge < -0.3 is 0 Å². The number of rotatable bonds is 3. The van der Waals surface area contributed by atoms with Gasteiger partial charge in [0.2, 0.25) is 0 Å². The number of halogens is 1. The van der Waals surface area contributed by atoms with Crippen molar-refractivity contribution in [2.45, 2.75) is 55.2 Å². The molecule has 1 aromatic heterocycles. The fourth-order valence-electron chi connectivity index (χ4n) is 2.44. The van der Waals surface area contributed by atoms with Crippen LogP contribution in [0.3, 0.4) is 0 Å². The second kappa shape index (κ2) is 6.14. The number of hydrogen-bond acceptors (Lipinski definition) is 4. The van der Waals surface area contributed by atoms with Crippen molar-refractivity contribution in [3.63, 3.8) is 0 Å². The molecule has 4 nitrogen and oxygen atoms in total. The molecule has 0 spiro atoms. The van der Waals surface area contributed by atoms with Crippen LogP contribution in [-0.4, -0.2) is 14.0 Å². The van der Waals surface area contributed by atoms with E-state index in [0.717, 1.165) is 35.0 Å². The maximum atomic E-state index is 12.5. The standard InChI is InChI=1S/C13H17BrN2O2S2/c1-10-8-11(19-12(10)14)20(17,18)16-13(9-15)6-4-2-3-5-7-13/h8,16H,2-7H2,1H3. The molecule has 1 heterocycles. The zero-order valence-electron chi connectivity index (χ0n) is 11.3. The van der Waals surface area contributed by atoms with E-state index in [0.29, 0.717) is 12.8 Å². The van der Waals surface area contributed by atoms with E-state index in [1.54, 1.807) is 6.07 Å². The third-order valence-electron chi connectivity index (χ3n) is 3.60. The summed E-state index contributed by atoms with van der Waals surface area (Å²) in [6.07, 6.45) is 5.10. The molecule has 0 atom stereocenters. The predicted molar refractivity (Wildman–Crippen MR) is 83.1 cm³/mol. The molecule has 0 aromatic carbocycles. The van der Waals surface area contributed by atoms with Gasteiger partial charge in [-0.3, -0.25) is 0 Å². The highest BCUT2D eigenvalue weighted by Gasteiger charge is 2.36. The summed E-state index contributed by atoms with van der Waals surface area (Å²) in [4.78, 5) is 0. The lowest BCUT2D eigenvalue weighted by atomic mass is 9.94. The number of nitrogens with zero attached hydrogens (tertiary/aromatic N) is 1. The third kappa shape index (κ3) is 3.42. The number of sulfonamides is 1. The highest BCUT2D eigenvalue weighted by atomic mass is 79.9. The normalized spacial score (nSPS) is 19.2. The van der Waals surface area contributed by atoms with Crippen molar-refractivity contribution in [3.8, 4) is 6.07 Å². The minimum Gasteiger partial charge on any atom is -0.206 e. The summed E-state index contributed by atoms with van der Waals surface area (Å²) >= 11 is 4.52. The summed E-state index contributed by atoms with van der Waals surface area (Å²) in [7, 11) is -3.63. The first-order chi connectivity index (χ1) is 9.38. The van der Waals surface area contributed by atoms with E-state index in [1.165, 1.54) is 11.3 Å². The van der Waals surface area contributed by atoms with Crippen LogP contribution in [0.2, 0.25) is 0 Å². The molecule has 0 saturated heterocycles. The van der Waals surface area contributed by atoms with Crippen molar-refractivity contribution >= 4 is 37.3 Å². The Balaban J connectivity index is 2.28. The summed E-state index contributed by atoms with van der Waals surface area (Å²) in [5, 5.41) is 9.45. The molecule has 1 fully saturated rings. The van der Waals surface area contributed by atoms with Gasteiger partial charge in [-0.15, -0.1) is 11.3 Å². The van der Waals surface area contributed by atoms with E-state index in [2.05, 4.69) is 26.7 Å². The average Bonchev–Trinajstić information content (AvgIpc) is 2.63. The number of hydrogen-bond donors (Lipinski definition) is 1. The number of aryl methyl sites for hydroxylation is 1. The Labute approximate surface area is 132 Å². The van der Waals surface area contributed by atoms with Crippen molar-refractivity contribution < 1.29 is 8.42 Å². The van der Waals surface area contributed by atoms with Gasteiger partial charge in [0.05, 0.1) is 9.86 Å². The zero-order chi connectivity index (χ0) is 14.8. The second-order valence-corrected chi connectivity index (χ2v) is 9.52. The van der Waals surface area contributed by atoms with E-state index in [4.69, 9.17) is 0 Å². The van der Waals surface area contributed by atoms with Gasteiger partial charge in [0.15, 0.2) is 0 Å². The first-order valence-corrected chi connectivity index (χ1v) is 9.69. The van der Waals surface area contributed by atoms with Crippen LogP contribution in [0.25, 0.3) is 0 Å². The second-order valence-electron chi connectivity index (χ2n) is 5.24. The van der Waals surface area contributed by atoms with Crippen LogP contribution in [0.4, 0.5) is 0 Å². The molecule has 2 rings (SSSR count). The summed E-state index contributed by atoms with van der Waals surface area (Å²) < 4.78 is 28.7. The van der Waals surface area contributed by atoms with Crippen LogP contribution in [0.5, 0.6) is 0 Å². The Morgan fingerprint density at radius 3 is 2.40 bits per heavy atom. The maximum Gasteiger partial charge on any atom is 0.251 e.